The molecule has 44 heavy (non-hydrogen) atoms. The first-order valence-electron chi connectivity index (χ1n) is 19.1. The van der Waals surface area contributed by atoms with Crippen LogP contribution in [0.3, 0.4) is 0 Å². The Morgan fingerprint density at radius 2 is 1.00 bits per heavy atom. The zero-order valence-electron chi connectivity index (χ0n) is 29.5. The fraction of sp³-hybridized carbons (Fsp3) is 0.872. The molecule has 0 radical (unpaired) electrons. The topological polar surface area (TPSA) is 89.8 Å². The third kappa shape index (κ3) is 29.5. The van der Waals surface area contributed by atoms with Crippen LogP contribution in [0.5, 0.6) is 0 Å². The molecule has 0 aliphatic heterocycles. The molecule has 0 aliphatic rings. The standard InChI is InChI=1S/C39H75NO4/c1-4-6-8-10-12-14-15-16-17-18-19-20-21-23-25-29-33-36(41)38(43)40-39(44)37(42)34-30-26-28-32-35(3)31-27-24-22-13-11-9-7-5-2/h30,32,34,36-37,39,41-42,44H,4-29,31,33H2,1-3H3,(H,40,43)/b34-30+,35-32+/t36-,37-,39+/m1/s1. The highest BCUT2D eigenvalue weighted by atomic mass is 16.3. The molecule has 3 atom stereocenters. The maximum atomic E-state index is 12.2. The first-order chi connectivity index (χ1) is 21.4. The molecule has 5 heteroatoms. The molecule has 260 valence electrons. The Kier molecular flexibility index (Phi) is 32.3. The molecule has 0 fully saturated rings. The van der Waals surface area contributed by atoms with E-state index < -0.39 is 24.3 Å². The molecule has 0 unspecified atom stereocenters. The number of hydrogen-bond acceptors (Lipinski definition) is 4. The highest BCUT2D eigenvalue weighted by molar-refractivity contribution is 5.80. The number of hydrogen-bond donors (Lipinski definition) is 4. The summed E-state index contributed by atoms with van der Waals surface area (Å²) in [5, 5.41) is 32.8. The van der Waals surface area contributed by atoms with Gasteiger partial charge >= 0.3 is 0 Å². The largest absolute Gasteiger partial charge is 0.384 e. The Bertz CT molecular complexity index is 677. The lowest BCUT2D eigenvalue weighted by Gasteiger charge is -2.18. The first kappa shape index (κ1) is 42.8. The van der Waals surface area contributed by atoms with Crippen LogP contribution in [0, 0.1) is 0 Å². The van der Waals surface area contributed by atoms with Gasteiger partial charge in [0.1, 0.15) is 12.2 Å². The quantitative estimate of drug-likeness (QED) is 0.0333. The number of aliphatic hydroxyl groups excluding tert-OH is 3. The van der Waals surface area contributed by atoms with Crippen molar-refractivity contribution in [1.29, 1.82) is 0 Å². The van der Waals surface area contributed by atoms with Crippen LogP contribution in [-0.2, 0) is 4.79 Å². The predicted molar refractivity (Wildman–Crippen MR) is 190 cm³/mol. The lowest BCUT2D eigenvalue weighted by molar-refractivity contribution is -0.134. The van der Waals surface area contributed by atoms with Crippen LogP contribution in [0.4, 0.5) is 0 Å². The molecule has 0 spiro atoms. The van der Waals surface area contributed by atoms with Gasteiger partial charge in [0, 0.05) is 0 Å². The predicted octanol–water partition coefficient (Wildman–Crippen LogP) is 10.6. The zero-order valence-corrected chi connectivity index (χ0v) is 29.5. The van der Waals surface area contributed by atoms with E-state index in [1.165, 1.54) is 146 Å². The van der Waals surface area contributed by atoms with E-state index in [9.17, 15) is 20.1 Å². The maximum absolute atomic E-state index is 12.2. The van der Waals surface area contributed by atoms with E-state index >= 15 is 0 Å². The van der Waals surface area contributed by atoms with Gasteiger partial charge in [0.15, 0.2) is 6.23 Å². The number of nitrogens with one attached hydrogen (secondary N) is 1. The van der Waals surface area contributed by atoms with Crippen molar-refractivity contribution in [3.63, 3.8) is 0 Å². The van der Waals surface area contributed by atoms with Crippen molar-refractivity contribution in [2.24, 2.45) is 0 Å². The van der Waals surface area contributed by atoms with Crippen LogP contribution in [-0.4, -0.2) is 39.7 Å². The summed E-state index contributed by atoms with van der Waals surface area (Å²) in [4.78, 5) is 12.2. The van der Waals surface area contributed by atoms with Crippen LogP contribution in [0.15, 0.2) is 23.8 Å². The van der Waals surface area contributed by atoms with Crippen molar-refractivity contribution in [3.05, 3.63) is 23.8 Å². The minimum atomic E-state index is -1.42. The van der Waals surface area contributed by atoms with Crippen molar-refractivity contribution in [2.75, 3.05) is 0 Å². The summed E-state index contributed by atoms with van der Waals surface area (Å²) >= 11 is 0. The van der Waals surface area contributed by atoms with Crippen LogP contribution >= 0.6 is 0 Å². The zero-order chi connectivity index (χ0) is 32.5. The number of unbranched alkanes of at least 4 members (excludes halogenated alkanes) is 23. The number of amides is 1. The van der Waals surface area contributed by atoms with Gasteiger partial charge in [-0.1, -0.05) is 185 Å². The lowest BCUT2D eigenvalue weighted by atomic mass is 10.0. The molecule has 0 saturated heterocycles. The molecule has 0 rings (SSSR count). The van der Waals surface area contributed by atoms with Gasteiger partial charge in [-0.3, -0.25) is 4.79 Å². The van der Waals surface area contributed by atoms with Crippen molar-refractivity contribution in [1.82, 2.24) is 5.32 Å². The van der Waals surface area contributed by atoms with Crippen molar-refractivity contribution in [3.8, 4) is 0 Å². The van der Waals surface area contributed by atoms with Gasteiger partial charge in [0.05, 0.1) is 0 Å². The fourth-order valence-electron chi connectivity index (χ4n) is 5.75. The Hall–Kier alpha value is -1.17. The lowest BCUT2D eigenvalue weighted by Crippen LogP contribution is -2.46. The van der Waals surface area contributed by atoms with Gasteiger partial charge in [-0.05, 0) is 39.0 Å². The van der Waals surface area contributed by atoms with Crippen LogP contribution in [0.2, 0.25) is 0 Å². The van der Waals surface area contributed by atoms with Gasteiger partial charge in [-0.25, -0.2) is 0 Å². The van der Waals surface area contributed by atoms with Crippen molar-refractivity contribution < 1.29 is 20.1 Å². The Morgan fingerprint density at radius 1 is 0.591 bits per heavy atom. The molecule has 5 nitrogen and oxygen atoms in total. The Morgan fingerprint density at radius 3 is 1.45 bits per heavy atom. The molecule has 0 bridgehead atoms. The van der Waals surface area contributed by atoms with E-state index in [0.717, 1.165) is 38.5 Å². The molecule has 0 aromatic carbocycles. The summed E-state index contributed by atoms with van der Waals surface area (Å²) in [5.74, 6) is -0.620. The molecule has 1 amide bonds. The minimum Gasteiger partial charge on any atom is -0.384 e. The summed E-state index contributed by atoms with van der Waals surface area (Å²) in [6, 6.07) is 0. The van der Waals surface area contributed by atoms with Crippen LogP contribution in [0.25, 0.3) is 0 Å². The minimum absolute atomic E-state index is 0.383. The third-order valence-corrected chi connectivity index (χ3v) is 8.83. The Labute approximate surface area is 273 Å². The van der Waals surface area contributed by atoms with Gasteiger partial charge in [-0.2, -0.15) is 0 Å². The fourth-order valence-corrected chi connectivity index (χ4v) is 5.75. The highest BCUT2D eigenvalue weighted by Gasteiger charge is 2.21. The average molecular weight is 622 g/mol. The van der Waals surface area contributed by atoms with Crippen molar-refractivity contribution in [2.45, 2.75) is 219 Å². The maximum Gasteiger partial charge on any atom is 0.250 e. The number of rotatable bonds is 33. The third-order valence-electron chi connectivity index (χ3n) is 8.83. The summed E-state index contributed by atoms with van der Waals surface area (Å²) in [6.45, 7) is 6.71. The van der Waals surface area contributed by atoms with Gasteiger partial charge in [0.2, 0.25) is 0 Å². The van der Waals surface area contributed by atoms with E-state index in [2.05, 4.69) is 32.2 Å². The summed E-state index contributed by atoms with van der Waals surface area (Å²) < 4.78 is 0. The van der Waals surface area contributed by atoms with Gasteiger partial charge < -0.3 is 20.6 Å². The van der Waals surface area contributed by atoms with Crippen LogP contribution in [0.1, 0.15) is 201 Å². The monoisotopic (exact) mass is 622 g/mol. The van der Waals surface area contributed by atoms with Gasteiger partial charge in [0.25, 0.3) is 5.91 Å². The van der Waals surface area contributed by atoms with Crippen LogP contribution < -0.4 is 5.32 Å². The second kappa shape index (κ2) is 33.2. The molecule has 0 heterocycles. The van der Waals surface area contributed by atoms with E-state index in [1.54, 1.807) is 0 Å². The first-order valence-corrected chi connectivity index (χ1v) is 19.1. The smallest absolute Gasteiger partial charge is 0.250 e. The Balaban J connectivity index is 3.73. The number of aliphatic hydroxyl groups is 3. The normalized spacial score (nSPS) is 14.3. The molecule has 0 saturated carbocycles. The number of carbonyl (C=O) groups is 1. The van der Waals surface area contributed by atoms with E-state index in [4.69, 9.17) is 0 Å². The summed E-state index contributed by atoms with van der Waals surface area (Å²) in [5.41, 5.74) is 1.41. The summed E-state index contributed by atoms with van der Waals surface area (Å²) in [6.07, 6.45) is 36.3. The average Bonchev–Trinajstić information content (AvgIpc) is 3.01. The number of carbonyl (C=O) groups excluding carboxylic acids is 1. The number of allylic oxidation sites excluding steroid dienone is 3. The van der Waals surface area contributed by atoms with Crippen molar-refractivity contribution >= 4 is 5.91 Å². The second-order valence-corrected chi connectivity index (χ2v) is 13.3. The molecule has 0 aromatic rings. The molecule has 0 aromatic heterocycles. The summed E-state index contributed by atoms with van der Waals surface area (Å²) in [7, 11) is 0. The van der Waals surface area contributed by atoms with E-state index in [-0.39, 0.29) is 0 Å². The highest BCUT2D eigenvalue weighted by Crippen LogP contribution is 2.15. The molecular weight excluding hydrogens is 546 g/mol. The van der Waals surface area contributed by atoms with E-state index in [0.29, 0.717) is 6.42 Å². The van der Waals surface area contributed by atoms with Gasteiger partial charge in [-0.15, -0.1) is 0 Å². The molecule has 4 N–H and O–H groups in total. The van der Waals surface area contributed by atoms with E-state index in [1.807, 2.05) is 6.08 Å². The second-order valence-electron chi connectivity index (χ2n) is 13.3. The molecular formula is C39H75NO4. The SMILES string of the molecule is CCCCCCCCCCCCCCCCCC[C@@H](O)C(=O)N[C@@H](O)[C@H](O)/C=C/CC/C=C(\C)CCCCCCCCCC. The molecule has 0 aliphatic carbocycles.